The minimum Gasteiger partial charge on any atom is -0.491 e. The lowest BCUT2D eigenvalue weighted by molar-refractivity contribution is 0.217. The van der Waals surface area contributed by atoms with Crippen LogP contribution in [0.5, 0.6) is 5.75 Å². The van der Waals surface area contributed by atoms with Crippen molar-refractivity contribution in [1.29, 1.82) is 5.26 Å². The van der Waals surface area contributed by atoms with Crippen LogP contribution < -0.4 is 10.1 Å². The molecule has 2 aromatic carbocycles. The molecule has 1 N–H and O–H groups in total. The first kappa shape index (κ1) is 15.4. The summed E-state index contributed by atoms with van der Waals surface area (Å²) < 4.78 is 6.69. The first-order valence-corrected chi connectivity index (χ1v) is 7.65. The minimum absolute atomic E-state index is 0.183. The first-order valence-electron chi connectivity index (χ1n) is 6.85. The molecular weight excluding hydrogens is 328 g/mol. The standard InChI is InChI=1S/C17H17BrN2O/c1-3-12(2)21-16-6-4-5-15(10-16)20-17-8-7-14(18)9-13(17)11-19/h4-10,12,20H,3H2,1-2H3. The quantitative estimate of drug-likeness (QED) is 0.806. The van der Waals surface area contributed by atoms with Crippen LogP contribution in [0.2, 0.25) is 0 Å². The van der Waals surface area contributed by atoms with E-state index >= 15 is 0 Å². The van der Waals surface area contributed by atoms with Crippen LogP contribution in [0.1, 0.15) is 25.8 Å². The molecule has 0 aliphatic rings. The number of anilines is 2. The van der Waals surface area contributed by atoms with Gasteiger partial charge in [-0.05, 0) is 43.7 Å². The molecule has 21 heavy (non-hydrogen) atoms. The van der Waals surface area contributed by atoms with Crippen molar-refractivity contribution in [2.75, 3.05) is 5.32 Å². The maximum atomic E-state index is 9.19. The molecule has 0 fully saturated rings. The van der Waals surface area contributed by atoms with Crippen molar-refractivity contribution < 1.29 is 4.74 Å². The Bertz CT molecular complexity index is 664. The average Bonchev–Trinajstić information content (AvgIpc) is 2.49. The van der Waals surface area contributed by atoms with Gasteiger partial charge in [0.05, 0.1) is 17.4 Å². The van der Waals surface area contributed by atoms with Crippen molar-refractivity contribution in [1.82, 2.24) is 0 Å². The molecule has 2 rings (SSSR count). The number of hydrogen-bond acceptors (Lipinski definition) is 3. The smallest absolute Gasteiger partial charge is 0.121 e. The predicted octanol–water partition coefficient (Wildman–Crippen LogP) is 5.24. The van der Waals surface area contributed by atoms with E-state index in [1.807, 2.05) is 43.3 Å². The SMILES string of the molecule is CCC(C)Oc1cccc(Nc2ccc(Br)cc2C#N)c1. The Labute approximate surface area is 133 Å². The summed E-state index contributed by atoms with van der Waals surface area (Å²) in [6.07, 6.45) is 1.14. The van der Waals surface area contributed by atoms with Crippen LogP contribution in [-0.2, 0) is 0 Å². The number of hydrogen-bond donors (Lipinski definition) is 1. The summed E-state index contributed by atoms with van der Waals surface area (Å²) in [7, 11) is 0. The fraction of sp³-hybridized carbons (Fsp3) is 0.235. The third kappa shape index (κ3) is 4.24. The van der Waals surface area contributed by atoms with Gasteiger partial charge >= 0.3 is 0 Å². The molecule has 0 aromatic heterocycles. The average molecular weight is 345 g/mol. The molecule has 1 unspecified atom stereocenters. The molecule has 0 radical (unpaired) electrons. The van der Waals surface area contributed by atoms with Gasteiger partial charge in [-0.15, -0.1) is 0 Å². The molecule has 3 nitrogen and oxygen atoms in total. The lowest BCUT2D eigenvalue weighted by Gasteiger charge is -2.14. The lowest BCUT2D eigenvalue weighted by atomic mass is 10.2. The van der Waals surface area contributed by atoms with Crippen LogP contribution >= 0.6 is 15.9 Å². The number of nitrogens with one attached hydrogen (secondary N) is 1. The Morgan fingerprint density at radius 2 is 2.10 bits per heavy atom. The fourth-order valence-corrected chi connectivity index (χ4v) is 2.20. The normalized spacial score (nSPS) is 11.5. The maximum Gasteiger partial charge on any atom is 0.121 e. The van der Waals surface area contributed by atoms with Gasteiger partial charge in [-0.3, -0.25) is 0 Å². The molecule has 2 aromatic rings. The van der Waals surface area contributed by atoms with Gasteiger partial charge in [0.2, 0.25) is 0 Å². The molecule has 0 heterocycles. The molecular formula is C17H17BrN2O. The number of nitrogens with zero attached hydrogens (tertiary/aromatic N) is 1. The van der Waals surface area contributed by atoms with E-state index < -0.39 is 0 Å². The fourth-order valence-electron chi connectivity index (χ4n) is 1.84. The zero-order chi connectivity index (χ0) is 15.2. The summed E-state index contributed by atoms with van der Waals surface area (Å²) in [6, 6.07) is 15.5. The second kappa shape index (κ2) is 7.14. The second-order valence-corrected chi connectivity index (χ2v) is 5.71. The molecule has 4 heteroatoms. The summed E-state index contributed by atoms with van der Waals surface area (Å²) >= 11 is 3.37. The van der Waals surface area contributed by atoms with Crippen molar-refractivity contribution in [2.24, 2.45) is 0 Å². The highest BCUT2D eigenvalue weighted by Gasteiger charge is 2.05. The van der Waals surface area contributed by atoms with Crippen LogP contribution in [0.25, 0.3) is 0 Å². The molecule has 0 saturated heterocycles. The third-order valence-electron chi connectivity index (χ3n) is 3.13. The molecule has 0 spiro atoms. The zero-order valence-electron chi connectivity index (χ0n) is 12.1. The van der Waals surface area contributed by atoms with E-state index in [4.69, 9.17) is 4.74 Å². The van der Waals surface area contributed by atoms with E-state index in [9.17, 15) is 5.26 Å². The van der Waals surface area contributed by atoms with Gasteiger partial charge in [-0.2, -0.15) is 5.26 Å². The topological polar surface area (TPSA) is 45.0 Å². The van der Waals surface area contributed by atoms with Gasteiger partial charge in [-0.1, -0.05) is 28.9 Å². The van der Waals surface area contributed by atoms with Crippen LogP contribution in [0.3, 0.4) is 0 Å². The number of rotatable bonds is 5. The van der Waals surface area contributed by atoms with Crippen molar-refractivity contribution in [3.63, 3.8) is 0 Å². The molecule has 0 aliphatic carbocycles. The summed E-state index contributed by atoms with van der Waals surface area (Å²) in [5.41, 5.74) is 2.27. The molecule has 0 bridgehead atoms. The Hall–Kier alpha value is -1.99. The molecule has 1 atom stereocenters. The Morgan fingerprint density at radius 3 is 2.81 bits per heavy atom. The van der Waals surface area contributed by atoms with E-state index in [1.165, 1.54) is 0 Å². The third-order valence-corrected chi connectivity index (χ3v) is 3.62. The summed E-state index contributed by atoms with van der Waals surface area (Å²) in [6.45, 7) is 4.14. The van der Waals surface area contributed by atoms with Crippen molar-refractivity contribution in [2.45, 2.75) is 26.4 Å². The van der Waals surface area contributed by atoms with Gasteiger partial charge in [0, 0.05) is 16.2 Å². The highest BCUT2D eigenvalue weighted by molar-refractivity contribution is 9.10. The van der Waals surface area contributed by atoms with E-state index in [-0.39, 0.29) is 6.10 Å². The van der Waals surface area contributed by atoms with Gasteiger partial charge < -0.3 is 10.1 Å². The highest BCUT2D eigenvalue weighted by Crippen LogP contribution is 2.26. The number of benzene rings is 2. The first-order chi connectivity index (χ1) is 10.1. The molecule has 0 amide bonds. The van der Waals surface area contributed by atoms with E-state index in [2.05, 4.69) is 34.2 Å². The Kier molecular flexibility index (Phi) is 5.24. The van der Waals surface area contributed by atoms with Crippen LogP contribution in [0, 0.1) is 11.3 Å². The summed E-state index contributed by atoms with van der Waals surface area (Å²) in [5.74, 6) is 0.824. The van der Waals surface area contributed by atoms with E-state index in [1.54, 1.807) is 6.07 Å². The van der Waals surface area contributed by atoms with Gasteiger partial charge in [-0.25, -0.2) is 0 Å². The van der Waals surface area contributed by atoms with Gasteiger partial charge in [0.25, 0.3) is 0 Å². The molecule has 0 aliphatic heterocycles. The number of ether oxygens (including phenoxy) is 1. The maximum absolute atomic E-state index is 9.19. The molecule has 0 saturated carbocycles. The lowest BCUT2D eigenvalue weighted by Crippen LogP contribution is -2.09. The summed E-state index contributed by atoms with van der Waals surface area (Å²) in [5, 5.41) is 12.4. The van der Waals surface area contributed by atoms with E-state index in [0.29, 0.717) is 5.56 Å². The van der Waals surface area contributed by atoms with Gasteiger partial charge in [0.1, 0.15) is 11.8 Å². The van der Waals surface area contributed by atoms with Crippen LogP contribution in [0.4, 0.5) is 11.4 Å². The van der Waals surface area contributed by atoms with Crippen LogP contribution in [-0.4, -0.2) is 6.10 Å². The van der Waals surface area contributed by atoms with Crippen molar-refractivity contribution in [3.8, 4) is 11.8 Å². The zero-order valence-corrected chi connectivity index (χ0v) is 13.6. The van der Waals surface area contributed by atoms with Crippen molar-refractivity contribution in [3.05, 3.63) is 52.5 Å². The van der Waals surface area contributed by atoms with E-state index in [0.717, 1.165) is 28.0 Å². The largest absolute Gasteiger partial charge is 0.491 e. The minimum atomic E-state index is 0.183. The number of halogens is 1. The van der Waals surface area contributed by atoms with Crippen LogP contribution in [0.15, 0.2) is 46.9 Å². The Balaban J connectivity index is 2.20. The predicted molar refractivity (Wildman–Crippen MR) is 89.0 cm³/mol. The highest BCUT2D eigenvalue weighted by atomic mass is 79.9. The summed E-state index contributed by atoms with van der Waals surface area (Å²) in [4.78, 5) is 0. The Morgan fingerprint density at radius 1 is 1.29 bits per heavy atom. The van der Waals surface area contributed by atoms with Gasteiger partial charge in [0.15, 0.2) is 0 Å². The number of nitriles is 1. The molecule has 108 valence electrons. The van der Waals surface area contributed by atoms with Crippen molar-refractivity contribution >= 4 is 27.3 Å². The second-order valence-electron chi connectivity index (χ2n) is 4.79. The monoisotopic (exact) mass is 344 g/mol.